The van der Waals surface area contributed by atoms with Gasteiger partial charge >= 0.3 is 0 Å². The largest absolute Gasteiger partial charge is 0.229 e. The fraction of sp³-hybridized carbons (Fsp3) is 1.00. The average Bonchev–Trinajstić information content (AvgIpc) is 2.49. The van der Waals surface area contributed by atoms with E-state index in [1.165, 1.54) is 70.6 Å². The summed E-state index contributed by atoms with van der Waals surface area (Å²) < 4.78 is 0. The molecular weight excluding hydrogens is 268 g/mol. The van der Waals surface area contributed by atoms with Crippen molar-refractivity contribution in [3.63, 3.8) is 0 Å². The van der Waals surface area contributed by atoms with Crippen molar-refractivity contribution in [1.82, 2.24) is 0 Å². The van der Waals surface area contributed by atoms with Gasteiger partial charge in [0.25, 0.3) is 0 Å². The second-order valence-electron chi connectivity index (χ2n) is 7.31. The van der Waals surface area contributed by atoms with E-state index in [1.54, 1.807) is 0 Å². The summed E-state index contributed by atoms with van der Waals surface area (Å²) >= 11 is 0. The quantitative estimate of drug-likeness (QED) is 0.260. The van der Waals surface area contributed by atoms with Crippen LogP contribution in [0.3, 0.4) is 0 Å². The minimum absolute atomic E-state index is 0.421. The Bertz CT molecular complexity index is 218. The second kappa shape index (κ2) is 14.5. The van der Waals surface area contributed by atoms with Gasteiger partial charge in [0.1, 0.15) is 5.60 Å². The zero-order valence-electron chi connectivity index (χ0n) is 16.1. The van der Waals surface area contributed by atoms with Crippen LogP contribution in [0.25, 0.3) is 0 Å². The van der Waals surface area contributed by atoms with E-state index in [9.17, 15) is 5.11 Å². The van der Waals surface area contributed by atoms with E-state index in [2.05, 4.69) is 27.7 Å². The molecule has 22 heavy (non-hydrogen) atoms. The third-order valence-corrected chi connectivity index (χ3v) is 5.15. The van der Waals surface area contributed by atoms with Crippen molar-refractivity contribution in [2.45, 2.75) is 130 Å². The summed E-state index contributed by atoms with van der Waals surface area (Å²) in [5.74, 6) is 0.421. The molecule has 1 atom stereocenters. The Labute approximate surface area is 141 Å². The summed E-state index contributed by atoms with van der Waals surface area (Å²) in [7, 11) is 0. The van der Waals surface area contributed by atoms with Crippen LogP contribution >= 0.6 is 0 Å². The van der Waals surface area contributed by atoms with Gasteiger partial charge in [0, 0.05) is 0 Å². The van der Waals surface area contributed by atoms with Crippen LogP contribution < -0.4 is 0 Å². The summed E-state index contributed by atoms with van der Waals surface area (Å²) in [6.07, 6.45) is 18.1. The first-order valence-electron chi connectivity index (χ1n) is 10.3. The van der Waals surface area contributed by atoms with Gasteiger partial charge in [-0.05, 0) is 31.6 Å². The first-order chi connectivity index (χ1) is 10.6. The van der Waals surface area contributed by atoms with E-state index in [4.69, 9.17) is 0 Å². The number of rotatable bonds is 16. The number of unbranched alkanes of at least 4 members (excludes halogenated alkanes) is 7. The third-order valence-electron chi connectivity index (χ3n) is 5.15. The highest BCUT2D eigenvalue weighted by atomic mass is 16.3. The first kappa shape index (κ1) is 22.0. The molecule has 0 aromatic carbocycles. The lowest BCUT2D eigenvalue weighted by Crippen LogP contribution is -2.36. The van der Waals surface area contributed by atoms with Crippen molar-refractivity contribution < 1.29 is 5.11 Å². The molecule has 1 radical (unpaired) electrons. The maximum atomic E-state index is 13.4. The van der Waals surface area contributed by atoms with Gasteiger partial charge in [-0.25, -0.2) is 5.11 Å². The topological polar surface area (TPSA) is 19.9 Å². The smallest absolute Gasteiger partial charge is 0.106 e. The van der Waals surface area contributed by atoms with Crippen molar-refractivity contribution >= 4 is 0 Å². The van der Waals surface area contributed by atoms with Crippen LogP contribution in [0, 0.1) is 5.92 Å². The Hall–Kier alpha value is -0.0400. The van der Waals surface area contributed by atoms with Gasteiger partial charge in [-0.2, -0.15) is 0 Å². The summed E-state index contributed by atoms with van der Waals surface area (Å²) in [5, 5.41) is 13.4. The Morgan fingerprint density at radius 3 is 1.50 bits per heavy atom. The molecule has 0 aliphatic carbocycles. The first-order valence-corrected chi connectivity index (χ1v) is 10.3. The Kier molecular flexibility index (Phi) is 14.5. The molecule has 0 N–H and O–H groups in total. The Morgan fingerprint density at radius 1 is 0.591 bits per heavy atom. The fourth-order valence-corrected chi connectivity index (χ4v) is 3.86. The molecule has 0 saturated heterocycles. The normalized spacial score (nSPS) is 13.5. The van der Waals surface area contributed by atoms with Crippen LogP contribution in [0.5, 0.6) is 0 Å². The predicted molar refractivity (Wildman–Crippen MR) is 98.9 cm³/mol. The van der Waals surface area contributed by atoms with Gasteiger partial charge in [-0.1, -0.05) is 98.3 Å². The Balaban J connectivity index is 4.37. The molecular formula is C21H43O. The fourth-order valence-electron chi connectivity index (χ4n) is 3.86. The Morgan fingerprint density at radius 2 is 1.00 bits per heavy atom. The van der Waals surface area contributed by atoms with Crippen molar-refractivity contribution in [3.8, 4) is 0 Å². The lowest BCUT2D eigenvalue weighted by atomic mass is 9.75. The second-order valence-corrected chi connectivity index (χ2v) is 7.31. The van der Waals surface area contributed by atoms with Crippen molar-refractivity contribution in [3.05, 3.63) is 0 Å². The lowest BCUT2D eigenvalue weighted by molar-refractivity contribution is -0.0977. The van der Waals surface area contributed by atoms with Gasteiger partial charge < -0.3 is 0 Å². The third kappa shape index (κ3) is 9.87. The monoisotopic (exact) mass is 311 g/mol. The maximum absolute atomic E-state index is 13.4. The molecule has 133 valence electrons. The molecule has 0 amide bonds. The SMILES string of the molecule is CCCCCCCCC(CCCCC)C([O])(CCC)CCC. The zero-order chi connectivity index (χ0) is 16.7. The molecule has 0 aliphatic heterocycles. The van der Waals surface area contributed by atoms with E-state index in [0.29, 0.717) is 5.92 Å². The van der Waals surface area contributed by atoms with Crippen molar-refractivity contribution in [1.29, 1.82) is 0 Å². The average molecular weight is 312 g/mol. The standard InChI is InChI=1S/C21H43O/c1-5-9-11-12-13-15-17-20(16-14-10-6-2)21(22,18-7-3)19-8-4/h20H,5-19H2,1-4H3. The van der Waals surface area contributed by atoms with E-state index in [1.807, 2.05) is 0 Å². The molecule has 0 heterocycles. The van der Waals surface area contributed by atoms with Crippen LogP contribution in [-0.4, -0.2) is 5.60 Å². The van der Waals surface area contributed by atoms with Crippen LogP contribution in [0.1, 0.15) is 124 Å². The molecule has 0 fully saturated rings. The van der Waals surface area contributed by atoms with E-state index >= 15 is 0 Å². The molecule has 0 aromatic heterocycles. The molecule has 1 unspecified atom stereocenters. The van der Waals surface area contributed by atoms with Crippen LogP contribution in [0.4, 0.5) is 0 Å². The predicted octanol–water partition coefficient (Wildman–Crippen LogP) is 7.70. The highest BCUT2D eigenvalue weighted by molar-refractivity contribution is 4.85. The van der Waals surface area contributed by atoms with Crippen molar-refractivity contribution in [2.24, 2.45) is 5.92 Å². The zero-order valence-corrected chi connectivity index (χ0v) is 16.1. The minimum Gasteiger partial charge on any atom is -0.229 e. The van der Waals surface area contributed by atoms with E-state index < -0.39 is 5.60 Å². The summed E-state index contributed by atoms with van der Waals surface area (Å²) in [6, 6.07) is 0. The van der Waals surface area contributed by atoms with Gasteiger partial charge in [0.05, 0.1) is 0 Å². The highest BCUT2D eigenvalue weighted by Crippen LogP contribution is 2.36. The highest BCUT2D eigenvalue weighted by Gasteiger charge is 2.36. The molecule has 1 heteroatoms. The number of hydrogen-bond acceptors (Lipinski definition) is 0. The van der Waals surface area contributed by atoms with Crippen LogP contribution in [0.2, 0.25) is 0 Å². The summed E-state index contributed by atoms with van der Waals surface area (Å²) in [4.78, 5) is 0. The molecule has 0 rings (SSSR count). The summed E-state index contributed by atoms with van der Waals surface area (Å²) in [6.45, 7) is 8.88. The van der Waals surface area contributed by atoms with Gasteiger partial charge in [0.2, 0.25) is 0 Å². The van der Waals surface area contributed by atoms with Gasteiger partial charge in [0.15, 0.2) is 0 Å². The van der Waals surface area contributed by atoms with Gasteiger partial charge in [-0.15, -0.1) is 0 Å². The maximum Gasteiger partial charge on any atom is 0.106 e. The van der Waals surface area contributed by atoms with Crippen LogP contribution in [0.15, 0.2) is 0 Å². The van der Waals surface area contributed by atoms with E-state index in [0.717, 1.165) is 25.7 Å². The lowest BCUT2D eigenvalue weighted by Gasteiger charge is -2.34. The van der Waals surface area contributed by atoms with Gasteiger partial charge in [-0.3, -0.25) is 0 Å². The van der Waals surface area contributed by atoms with Crippen molar-refractivity contribution in [2.75, 3.05) is 0 Å². The molecule has 1 nitrogen and oxygen atoms in total. The minimum atomic E-state index is -0.638. The summed E-state index contributed by atoms with van der Waals surface area (Å²) in [5.41, 5.74) is -0.638. The number of hydrogen-bond donors (Lipinski definition) is 0. The molecule has 0 bridgehead atoms. The molecule has 0 spiro atoms. The molecule has 0 aromatic rings. The van der Waals surface area contributed by atoms with E-state index in [-0.39, 0.29) is 0 Å². The van der Waals surface area contributed by atoms with Crippen LogP contribution in [-0.2, 0) is 5.11 Å². The molecule has 0 saturated carbocycles. The molecule has 0 aliphatic rings.